The van der Waals surface area contributed by atoms with Crippen LogP contribution in [0.2, 0.25) is 0 Å². The average Bonchev–Trinajstić information content (AvgIpc) is 3.10. The second kappa shape index (κ2) is 6.50. The Morgan fingerprint density at radius 2 is 2.00 bits per heavy atom. The van der Waals surface area contributed by atoms with Gasteiger partial charge in [-0.3, -0.25) is 4.57 Å². The van der Waals surface area contributed by atoms with Crippen molar-refractivity contribution in [2.45, 2.75) is 25.8 Å². The number of aromatic nitrogens is 4. The van der Waals surface area contributed by atoms with E-state index in [1.54, 1.807) is 11.3 Å². The summed E-state index contributed by atoms with van der Waals surface area (Å²) in [5.41, 5.74) is 0.927. The maximum absolute atomic E-state index is 13.0. The van der Waals surface area contributed by atoms with E-state index in [2.05, 4.69) is 10.1 Å². The third-order valence-electron chi connectivity index (χ3n) is 4.11. The molecule has 0 aliphatic heterocycles. The number of quaternary nitrogens is 1. The molecule has 5 nitrogen and oxygen atoms in total. The monoisotopic (exact) mass is 388 g/mol. The molecule has 0 aliphatic rings. The van der Waals surface area contributed by atoms with Crippen molar-refractivity contribution in [2.24, 2.45) is 7.05 Å². The number of alkyl halides is 3. The molecule has 25 heavy (non-hydrogen) atoms. The maximum atomic E-state index is 13.0. The number of halogens is 3. The SMILES string of the molecule is C[C@H](c1nc2ccccc2s1)[NH+](C)Cn1nc(C(F)(F)F)n(C)c1=S. The van der Waals surface area contributed by atoms with Gasteiger partial charge in [0.05, 0.1) is 17.3 Å². The van der Waals surface area contributed by atoms with E-state index in [9.17, 15) is 13.2 Å². The topological polar surface area (TPSA) is 40.1 Å². The quantitative estimate of drug-likeness (QED) is 0.699. The summed E-state index contributed by atoms with van der Waals surface area (Å²) in [6, 6.07) is 7.83. The maximum Gasteiger partial charge on any atom is 0.451 e. The van der Waals surface area contributed by atoms with Gasteiger partial charge < -0.3 is 4.90 Å². The molecule has 0 radical (unpaired) electrons. The van der Waals surface area contributed by atoms with Gasteiger partial charge in [0.25, 0.3) is 0 Å². The van der Waals surface area contributed by atoms with E-state index in [0.717, 1.165) is 24.7 Å². The fraction of sp³-hybridized carbons (Fsp3) is 0.400. The van der Waals surface area contributed by atoms with Crippen LogP contribution >= 0.6 is 23.6 Å². The predicted octanol–water partition coefficient (Wildman–Crippen LogP) is 2.81. The van der Waals surface area contributed by atoms with Gasteiger partial charge in [-0.1, -0.05) is 12.1 Å². The van der Waals surface area contributed by atoms with Crippen LogP contribution in [0.4, 0.5) is 13.2 Å². The van der Waals surface area contributed by atoms with Crippen LogP contribution in [-0.2, 0) is 19.9 Å². The molecule has 2 aromatic heterocycles. The van der Waals surface area contributed by atoms with Gasteiger partial charge in [0.1, 0.15) is 6.04 Å². The van der Waals surface area contributed by atoms with Crippen LogP contribution in [0.15, 0.2) is 24.3 Å². The molecule has 2 atom stereocenters. The first-order chi connectivity index (χ1) is 11.7. The van der Waals surface area contributed by atoms with Crippen molar-refractivity contribution in [2.75, 3.05) is 7.05 Å². The molecule has 0 spiro atoms. The van der Waals surface area contributed by atoms with Crippen LogP contribution in [0.5, 0.6) is 0 Å². The van der Waals surface area contributed by atoms with Crippen LogP contribution < -0.4 is 4.90 Å². The van der Waals surface area contributed by atoms with E-state index in [1.807, 2.05) is 38.2 Å². The van der Waals surface area contributed by atoms with Crippen LogP contribution in [0.1, 0.15) is 23.8 Å². The van der Waals surface area contributed by atoms with Crippen molar-refractivity contribution < 1.29 is 18.1 Å². The molecule has 10 heteroatoms. The summed E-state index contributed by atoms with van der Waals surface area (Å²) in [7, 11) is 3.17. The summed E-state index contributed by atoms with van der Waals surface area (Å²) in [6.45, 7) is 2.21. The Bertz CT molecular complexity index is 923. The number of nitrogens with one attached hydrogen (secondary N) is 1. The van der Waals surface area contributed by atoms with E-state index in [1.165, 1.54) is 11.7 Å². The molecule has 2 heterocycles. The molecule has 1 unspecified atom stereocenters. The molecule has 0 fully saturated rings. The number of rotatable bonds is 4. The van der Waals surface area contributed by atoms with Crippen molar-refractivity contribution in [3.05, 3.63) is 39.9 Å². The van der Waals surface area contributed by atoms with E-state index >= 15 is 0 Å². The Labute approximate surface area is 151 Å². The van der Waals surface area contributed by atoms with Gasteiger partial charge in [0.2, 0.25) is 10.6 Å². The Balaban J connectivity index is 1.84. The van der Waals surface area contributed by atoms with E-state index in [-0.39, 0.29) is 17.5 Å². The normalized spacial score (nSPS) is 14.8. The average molecular weight is 388 g/mol. The number of nitrogens with zero attached hydrogens (tertiary/aromatic N) is 4. The first kappa shape index (κ1) is 18.0. The number of hydrogen-bond acceptors (Lipinski definition) is 4. The highest BCUT2D eigenvalue weighted by Crippen LogP contribution is 2.27. The van der Waals surface area contributed by atoms with Crippen molar-refractivity contribution in [1.29, 1.82) is 0 Å². The van der Waals surface area contributed by atoms with Crippen LogP contribution in [0.3, 0.4) is 0 Å². The molecule has 1 N–H and O–H groups in total. The highest BCUT2D eigenvalue weighted by atomic mass is 32.1. The smallest absolute Gasteiger partial charge is 0.311 e. The predicted molar refractivity (Wildman–Crippen MR) is 92.0 cm³/mol. The first-order valence-corrected chi connectivity index (χ1v) is 8.79. The van der Waals surface area contributed by atoms with Crippen molar-refractivity contribution in [1.82, 2.24) is 19.3 Å². The van der Waals surface area contributed by atoms with Gasteiger partial charge in [-0.25, -0.2) is 4.98 Å². The van der Waals surface area contributed by atoms with Gasteiger partial charge in [0, 0.05) is 7.05 Å². The molecule has 3 rings (SSSR count). The largest absolute Gasteiger partial charge is 0.451 e. The molecule has 134 valence electrons. The van der Waals surface area contributed by atoms with Crippen LogP contribution in [0.25, 0.3) is 10.2 Å². The minimum absolute atomic E-state index is 0.00403. The Hall–Kier alpha value is -1.78. The molecule has 0 saturated heterocycles. The highest BCUT2D eigenvalue weighted by Gasteiger charge is 2.37. The van der Waals surface area contributed by atoms with Gasteiger partial charge in [0.15, 0.2) is 11.7 Å². The number of para-hydroxylation sites is 1. The molecular formula is C15H17F3N5S2+. The fourth-order valence-electron chi connectivity index (χ4n) is 2.50. The molecule has 0 saturated carbocycles. The molecule has 0 aliphatic carbocycles. The number of benzene rings is 1. The van der Waals surface area contributed by atoms with Gasteiger partial charge in [-0.05, 0) is 31.3 Å². The van der Waals surface area contributed by atoms with Crippen molar-refractivity contribution in [3.63, 3.8) is 0 Å². The summed E-state index contributed by atoms with van der Waals surface area (Å²) in [5, 5.41) is 4.58. The van der Waals surface area contributed by atoms with Gasteiger partial charge in [-0.2, -0.15) is 17.9 Å². The second-order valence-corrected chi connectivity index (χ2v) is 7.34. The lowest BCUT2D eigenvalue weighted by Crippen LogP contribution is -3.08. The molecule has 1 aromatic carbocycles. The fourth-order valence-corrected chi connectivity index (χ4v) is 3.80. The van der Waals surface area contributed by atoms with Crippen molar-refractivity contribution in [3.8, 4) is 0 Å². The van der Waals surface area contributed by atoms with Crippen LogP contribution in [-0.4, -0.2) is 26.4 Å². The highest BCUT2D eigenvalue weighted by molar-refractivity contribution is 7.71. The Morgan fingerprint density at radius 3 is 2.60 bits per heavy atom. The number of hydrogen-bond donors (Lipinski definition) is 1. The van der Waals surface area contributed by atoms with E-state index < -0.39 is 12.0 Å². The number of fused-ring (bicyclic) bond motifs is 1. The molecule has 3 aromatic rings. The summed E-state index contributed by atoms with van der Waals surface area (Å²) in [5.74, 6) is -0.988. The summed E-state index contributed by atoms with van der Waals surface area (Å²) in [4.78, 5) is 5.56. The van der Waals surface area contributed by atoms with Gasteiger partial charge in [-0.15, -0.1) is 16.4 Å². The van der Waals surface area contributed by atoms with E-state index in [4.69, 9.17) is 12.2 Å². The van der Waals surface area contributed by atoms with Gasteiger partial charge >= 0.3 is 6.18 Å². The molecule has 0 amide bonds. The van der Waals surface area contributed by atoms with Crippen LogP contribution in [0, 0.1) is 4.77 Å². The zero-order valence-corrected chi connectivity index (χ0v) is 15.5. The minimum Gasteiger partial charge on any atom is -0.311 e. The first-order valence-electron chi connectivity index (χ1n) is 7.57. The zero-order valence-electron chi connectivity index (χ0n) is 13.8. The molecular weight excluding hydrogens is 371 g/mol. The Kier molecular flexibility index (Phi) is 4.69. The standard InChI is InChI=1S/C15H16F3N5S2/c1-9(12-19-10-6-4-5-7-11(10)25-12)21(2)8-23-14(24)22(3)13(20-23)15(16,17)18/h4-7,9H,8H2,1-3H3/p+1/t9-/m1/s1. The van der Waals surface area contributed by atoms with E-state index in [0.29, 0.717) is 0 Å². The lowest BCUT2D eigenvalue weighted by atomic mass is 10.3. The third kappa shape index (κ3) is 3.46. The van der Waals surface area contributed by atoms with Crippen molar-refractivity contribution >= 4 is 33.8 Å². The minimum atomic E-state index is -4.53. The Morgan fingerprint density at radius 1 is 1.32 bits per heavy atom. The number of thiazole rings is 1. The summed E-state index contributed by atoms with van der Waals surface area (Å²) < 4.78 is 42.1. The lowest BCUT2D eigenvalue weighted by molar-refractivity contribution is -0.933. The lowest BCUT2D eigenvalue weighted by Gasteiger charge is -2.19. The zero-order chi connectivity index (χ0) is 18.4. The molecule has 0 bridgehead atoms. The summed E-state index contributed by atoms with van der Waals surface area (Å²) in [6.07, 6.45) is -4.53. The summed E-state index contributed by atoms with van der Waals surface area (Å²) >= 11 is 6.68. The third-order valence-corrected chi connectivity index (χ3v) is 5.82. The second-order valence-electron chi connectivity index (χ2n) is 5.91.